The van der Waals surface area contributed by atoms with Crippen molar-refractivity contribution in [2.45, 2.75) is 63.7 Å². The van der Waals surface area contributed by atoms with Gasteiger partial charge in [0.05, 0.1) is 18.8 Å². The van der Waals surface area contributed by atoms with Crippen LogP contribution in [0.5, 0.6) is 0 Å². The Morgan fingerprint density at radius 2 is 1.57 bits per heavy atom. The molecule has 162 valence electrons. The molecule has 2 aromatic rings. The highest BCUT2D eigenvalue weighted by molar-refractivity contribution is 6.99. The highest BCUT2D eigenvalue weighted by Crippen LogP contribution is 2.39. The van der Waals surface area contributed by atoms with E-state index in [0.29, 0.717) is 0 Å². The smallest absolute Gasteiger partial charge is 0.261 e. The molecule has 0 amide bonds. The van der Waals surface area contributed by atoms with Crippen LogP contribution in [0, 0.1) is 0 Å². The maximum Gasteiger partial charge on any atom is 0.261 e. The van der Waals surface area contributed by atoms with E-state index in [1.165, 1.54) is 10.4 Å². The van der Waals surface area contributed by atoms with Crippen LogP contribution in [0.4, 0.5) is 0 Å². The summed E-state index contributed by atoms with van der Waals surface area (Å²) in [5.74, 6) is 0. The molecule has 1 N–H and O–H groups in total. The number of hydrogen-bond acceptors (Lipinski definition) is 3. The predicted molar refractivity (Wildman–Crippen MR) is 127 cm³/mol. The first kappa shape index (κ1) is 23.0. The van der Waals surface area contributed by atoms with Gasteiger partial charge in [0.15, 0.2) is 0 Å². The van der Waals surface area contributed by atoms with Crippen LogP contribution in [0.3, 0.4) is 0 Å². The van der Waals surface area contributed by atoms with Crippen molar-refractivity contribution < 1.29 is 14.3 Å². The fourth-order valence-corrected chi connectivity index (χ4v) is 9.29. The van der Waals surface area contributed by atoms with E-state index < -0.39 is 8.32 Å². The molecule has 3 nitrogen and oxygen atoms in total. The normalized spacial score (nSPS) is 20.9. The van der Waals surface area contributed by atoms with E-state index in [0.717, 1.165) is 32.3 Å². The molecule has 0 radical (unpaired) electrons. The summed E-state index contributed by atoms with van der Waals surface area (Å²) in [6.45, 7) is 7.79. The molecule has 1 heterocycles. The van der Waals surface area contributed by atoms with Gasteiger partial charge >= 0.3 is 0 Å². The Balaban J connectivity index is 2.08. The summed E-state index contributed by atoms with van der Waals surface area (Å²) in [5.41, 5.74) is 0. The Bertz CT molecular complexity index is 743. The first-order valence-electron chi connectivity index (χ1n) is 11.2. The molecular weight excluding hydrogens is 388 g/mol. The average Bonchev–Trinajstić information content (AvgIpc) is 2.97. The van der Waals surface area contributed by atoms with Crippen LogP contribution < -0.4 is 10.4 Å². The van der Waals surface area contributed by atoms with E-state index >= 15 is 0 Å². The maximum absolute atomic E-state index is 9.16. The van der Waals surface area contributed by atoms with Crippen molar-refractivity contribution in [2.75, 3.05) is 13.2 Å². The molecule has 2 aromatic carbocycles. The Hall–Kier alpha value is -1.72. The molecule has 30 heavy (non-hydrogen) atoms. The fourth-order valence-electron chi connectivity index (χ4n) is 4.55. The zero-order valence-corrected chi connectivity index (χ0v) is 19.6. The van der Waals surface area contributed by atoms with Gasteiger partial charge in [-0.2, -0.15) is 0 Å². The number of ether oxygens (including phenoxy) is 1. The van der Waals surface area contributed by atoms with Crippen molar-refractivity contribution in [2.24, 2.45) is 0 Å². The van der Waals surface area contributed by atoms with Crippen molar-refractivity contribution >= 4 is 18.7 Å². The van der Waals surface area contributed by atoms with Crippen molar-refractivity contribution in [3.05, 3.63) is 72.8 Å². The SMILES string of the molecule is CC(C)(C)[Si](O[C@@H]1CCCCO[C@H]1C/C=C/CO)(c1ccccc1)c1ccccc1. The molecular formula is C26H36O3Si. The molecule has 1 aliphatic heterocycles. The van der Waals surface area contributed by atoms with Gasteiger partial charge in [-0.25, -0.2) is 0 Å². The van der Waals surface area contributed by atoms with Gasteiger partial charge in [0, 0.05) is 6.61 Å². The third-order valence-corrected chi connectivity index (χ3v) is 11.1. The summed E-state index contributed by atoms with van der Waals surface area (Å²) >= 11 is 0. The third-order valence-electron chi connectivity index (χ3n) is 6.02. The van der Waals surface area contributed by atoms with Crippen LogP contribution in [0.1, 0.15) is 46.5 Å². The summed E-state index contributed by atoms with van der Waals surface area (Å²) < 4.78 is 13.6. The second-order valence-corrected chi connectivity index (χ2v) is 13.4. The second kappa shape index (κ2) is 10.5. The van der Waals surface area contributed by atoms with Gasteiger partial charge in [0.2, 0.25) is 0 Å². The maximum atomic E-state index is 9.16. The second-order valence-electron chi connectivity index (χ2n) is 9.11. The largest absolute Gasteiger partial charge is 0.402 e. The summed E-state index contributed by atoms with van der Waals surface area (Å²) in [4.78, 5) is 0. The van der Waals surface area contributed by atoms with E-state index in [-0.39, 0.29) is 23.9 Å². The zero-order chi connectivity index (χ0) is 21.5. The number of benzene rings is 2. The lowest BCUT2D eigenvalue weighted by molar-refractivity contribution is -0.0155. The quantitative estimate of drug-likeness (QED) is 0.528. The predicted octanol–water partition coefficient (Wildman–Crippen LogP) is 4.44. The minimum atomic E-state index is -2.60. The standard InChI is InChI=1S/C26H36O3Si/c1-26(2,3)30(22-14-6-4-7-15-22,23-16-8-5-9-17-23)29-25-19-11-13-21-28-24(25)18-10-12-20-27/h4-10,12,14-17,24-25,27H,11,13,18-21H2,1-3H3/b12-10+/t24-,25+/m0/s1. The molecule has 3 rings (SSSR count). The highest BCUT2D eigenvalue weighted by atomic mass is 28.4. The lowest BCUT2D eigenvalue weighted by Crippen LogP contribution is -2.68. The molecule has 0 aliphatic carbocycles. The number of hydrogen-bond donors (Lipinski definition) is 1. The van der Waals surface area contributed by atoms with Gasteiger partial charge in [0.1, 0.15) is 0 Å². The average molecular weight is 425 g/mol. The van der Waals surface area contributed by atoms with Gasteiger partial charge in [0.25, 0.3) is 8.32 Å². The minimum absolute atomic E-state index is 0.0111. The Morgan fingerprint density at radius 1 is 0.967 bits per heavy atom. The van der Waals surface area contributed by atoms with Gasteiger partial charge in [-0.05, 0) is 41.1 Å². The van der Waals surface area contributed by atoms with Crippen LogP contribution in [0.25, 0.3) is 0 Å². The van der Waals surface area contributed by atoms with Gasteiger partial charge in [-0.15, -0.1) is 0 Å². The van der Waals surface area contributed by atoms with Crippen LogP contribution in [0.15, 0.2) is 72.8 Å². The molecule has 0 spiro atoms. The van der Waals surface area contributed by atoms with Crippen LogP contribution in [-0.4, -0.2) is 38.8 Å². The van der Waals surface area contributed by atoms with E-state index in [9.17, 15) is 0 Å². The van der Waals surface area contributed by atoms with E-state index in [1.807, 2.05) is 6.08 Å². The van der Waals surface area contributed by atoms with E-state index in [2.05, 4.69) is 81.4 Å². The number of aliphatic hydroxyl groups excluding tert-OH is 1. The molecule has 1 saturated heterocycles. The molecule has 2 atom stereocenters. The van der Waals surface area contributed by atoms with Gasteiger partial charge < -0.3 is 14.3 Å². The molecule has 4 heteroatoms. The number of rotatable bonds is 7. The summed E-state index contributed by atoms with van der Waals surface area (Å²) in [5, 5.41) is 11.7. The van der Waals surface area contributed by atoms with E-state index in [4.69, 9.17) is 14.3 Å². The summed E-state index contributed by atoms with van der Waals surface area (Å²) in [6.07, 6.45) is 7.82. The van der Waals surface area contributed by atoms with Crippen molar-refractivity contribution in [3.63, 3.8) is 0 Å². The first-order chi connectivity index (χ1) is 14.5. The first-order valence-corrected chi connectivity index (χ1v) is 13.1. The number of aliphatic hydroxyl groups is 1. The molecule has 1 aliphatic rings. The fraction of sp³-hybridized carbons (Fsp3) is 0.462. The van der Waals surface area contributed by atoms with Crippen molar-refractivity contribution in [1.29, 1.82) is 0 Å². The monoisotopic (exact) mass is 424 g/mol. The van der Waals surface area contributed by atoms with Gasteiger partial charge in [-0.3, -0.25) is 0 Å². The molecule has 0 saturated carbocycles. The lowest BCUT2D eigenvalue weighted by Gasteiger charge is -2.46. The topological polar surface area (TPSA) is 38.7 Å². The summed E-state index contributed by atoms with van der Waals surface area (Å²) in [7, 11) is -2.60. The highest BCUT2D eigenvalue weighted by Gasteiger charge is 2.52. The van der Waals surface area contributed by atoms with E-state index in [1.54, 1.807) is 6.08 Å². The summed E-state index contributed by atoms with van der Waals surface area (Å²) in [6, 6.07) is 21.6. The zero-order valence-electron chi connectivity index (χ0n) is 18.6. The van der Waals surface area contributed by atoms with Gasteiger partial charge in [-0.1, -0.05) is 93.6 Å². The van der Waals surface area contributed by atoms with Crippen molar-refractivity contribution in [1.82, 2.24) is 0 Å². The Morgan fingerprint density at radius 3 is 2.10 bits per heavy atom. The Kier molecular flexibility index (Phi) is 8.06. The van der Waals surface area contributed by atoms with Crippen LogP contribution in [-0.2, 0) is 9.16 Å². The molecule has 0 bridgehead atoms. The van der Waals surface area contributed by atoms with Crippen LogP contribution >= 0.6 is 0 Å². The lowest BCUT2D eigenvalue weighted by atomic mass is 10.1. The minimum Gasteiger partial charge on any atom is -0.402 e. The van der Waals surface area contributed by atoms with Crippen LogP contribution in [0.2, 0.25) is 5.04 Å². The Labute approximate surface area is 182 Å². The molecule has 1 fully saturated rings. The molecule has 0 aromatic heterocycles. The molecule has 0 unspecified atom stereocenters. The third kappa shape index (κ3) is 5.12. The van der Waals surface area contributed by atoms with Crippen molar-refractivity contribution in [3.8, 4) is 0 Å².